The first-order valence-corrected chi connectivity index (χ1v) is 7.20. The van der Waals surface area contributed by atoms with Gasteiger partial charge in [-0.25, -0.2) is 0 Å². The number of aliphatic carboxylic acids is 1. The van der Waals surface area contributed by atoms with E-state index in [0.717, 1.165) is 6.54 Å². The lowest BCUT2D eigenvalue weighted by atomic mass is 10.0. The van der Waals surface area contributed by atoms with Crippen LogP contribution in [0.2, 0.25) is 0 Å². The van der Waals surface area contributed by atoms with Gasteiger partial charge in [0.1, 0.15) is 0 Å². The molecule has 4 heteroatoms. The van der Waals surface area contributed by atoms with Gasteiger partial charge in [-0.2, -0.15) is 11.8 Å². The van der Waals surface area contributed by atoms with Crippen LogP contribution in [0.15, 0.2) is 0 Å². The topological polar surface area (TPSA) is 40.5 Å². The molecule has 0 spiro atoms. The van der Waals surface area contributed by atoms with Gasteiger partial charge in [0.25, 0.3) is 0 Å². The fourth-order valence-electron chi connectivity index (χ4n) is 2.59. The Morgan fingerprint density at radius 3 is 2.81 bits per heavy atom. The molecule has 0 aromatic carbocycles. The van der Waals surface area contributed by atoms with Crippen LogP contribution >= 0.6 is 11.8 Å². The highest BCUT2D eigenvalue weighted by atomic mass is 32.2. The van der Waals surface area contributed by atoms with Crippen molar-refractivity contribution in [1.29, 1.82) is 0 Å². The van der Waals surface area contributed by atoms with Crippen molar-refractivity contribution in [2.45, 2.75) is 57.4 Å². The molecule has 1 rings (SSSR count). The predicted molar refractivity (Wildman–Crippen MR) is 69.0 cm³/mol. The number of rotatable bonds is 5. The van der Waals surface area contributed by atoms with Crippen molar-refractivity contribution in [2.75, 3.05) is 12.3 Å². The van der Waals surface area contributed by atoms with Gasteiger partial charge in [0.15, 0.2) is 0 Å². The van der Waals surface area contributed by atoms with E-state index in [0.29, 0.717) is 11.3 Å². The van der Waals surface area contributed by atoms with Gasteiger partial charge in [-0.3, -0.25) is 9.69 Å². The van der Waals surface area contributed by atoms with Gasteiger partial charge in [-0.15, -0.1) is 0 Å². The summed E-state index contributed by atoms with van der Waals surface area (Å²) in [6.45, 7) is 7.38. The monoisotopic (exact) mass is 245 g/mol. The van der Waals surface area contributed by atoms with Gasteiger partial charge in [0.2, 0.25) is 0 Å². The van der Waals surface area contributed by atoms with E-state index in [1.807, 2.05) is 18.7 Å². The standard InChI is InChI=1S/C12H23NO2S/c1-4-13(9(2)8-12(14)15)11-6-5-7-16-10(11)3/h9-11H,4-8H2,1-3H3,(H,14,15). The van der Waals surface area contributed by atoms with E-state index < -0.39 is 5.97 Å². The van der Waals surface area contributed by atoms with Gasteiger partial charge in [0, 0.05) is 17.3 Å². The van der Waals surface area contributed by atoms with Gasteiger partial charge in [0.05, 0.1) is 6.42 Å². The molecule has 1 fully saturated rings. The molecule has 0 amide bonds. The average Bonchev–Trinajstić information content (AvgIpc) is 2.20. The van der Waals surface area contributed by atoms with E-state index in [9.17, 15) is 4.79 Å². The zero-order valence-electron chi connectivity index (χ0n) is 10.5. The maximum Gasteiger partial charge on any atom is 0.304 e. The number of carboxylic acids is 1. The Kier molecular flexibility index (Phi) is 5.62. The van der Waals surface area contributed by atoms with Crippen LogP contribution in [0.25, 0.3) is 0 Å². The average molecular weight is 245 g/mol. The maximum absolute atomic E-state index is 10.8. The van der Waals surface area contributed by atoms with E-state index in [4.69, 9.17) is 5.11 Å². The molecule has 3 nitrogen and oxygen atoms in total. The van der Waals surface area contributed by atoms with Crippen molar-refractivity contribution in [2.24, 2.45) is 0 Å². The number of nitrogens with zero attached hydrogens (tertiary/aromatic N) is 1. The molecule has 1 aliphatic rings. The molecule has 0 saturated carbocycles. The lowest BCUT2D eigenvalue weighted by Gasteiger charge is -2.40. The predicted octanol–water partition coefficient (Wildman–Crippen LogP) is 2.46. The third kappa shape index (κ3) is 3.67. The minimum Gasteiger partial charge on any atom is -0.481 e. The van der Waals surface area contributed by atoms with Crippen LogP contribution in [0.5, 0.6) is 0 Å². The SMILES string of the molecule is CCN(C(C)CC(=O)O)C1CCCSC1C. The van der Waals surface area contributed by atoms with Crippen LogP contribution in [0.1, 0.15) is 40.0 Å². The zero-order valence-corrected chi connectivity index (χ0v) is 11.3. The Morgan fingerprint density at radius 1 is 1.62 bits per heavy atom. The maximum atomic E-state index is 10.8. The molecule has 1 N–H and O–H groups in total. The molecule has 16 heavy (non-hydrogen) atoms. The van der Waals surface area contributed by atoms with Gasteiger partial charge < -0.3 is 5.11 Å². The second-order valence-corrected chi connectivity index (χ2v) is 6.05. The summed E-state index contributed by atoms with van der Waals surface area (Å²) in [6.07, 6.45) is 2.73. The van der Waals surface area contributed by atoms with Crippen LogP contribution in [0.3, 0.4) is 0 Å². The number of carboxylic acid groups (broad SMARTS) is 1. The smallest absolute Gasteiger partial charge is 0.304 e. The Bertz CT molecular complexity index is 235. The molecular weight excluding hydrogens is 222 g/mol. The summed E-state index contributed by atoms with van der Waals surface area (Å²) < 4.78 is 0. The Hall–Kier alpha value is -0.220. The van der Waals surface area contributed by atoms with Gasteiger partial charge >= 0.3 is 5.97 Å². The van der Waals surface area contributed by atoms with E-state index >= 15 is 0 Å². The Morgan fingerprint density at radius 2 is 2.31 bits per heavy atom. The van der Waals surface area contributed by atoms with Crippen LogP contribution < -0.4 is 0 Å². The first-order valence-electron chi connectivity index (χ1n) is 6.15. The number of thioether (sulfide) groups is 1. The largest absolute Gasteiger partial charge is 0.481 e. The summed E-state index contributed by atoms with van der Waals surface area (Å²) in [5.41, 5.74) is 0. The van der Waals surface area contributed by atoms with Crippen molar-refractivity contribution < 1.29 is 9.90 Å². The second kappa shape index (κ2) is 6.50. The van der Waals surface area contributed by atoms with Crippen molar-refractivity contribution in [3.63, 3.8) is 0 Å². The first-order chi connectivity index (χ1) is 7.56. The molecule has 94 valence electrons. The minimum atomic E-state index is -0.693. The summed E-state index contributed by atoms with van der Waals surface area (Å²) in [5.74, 6) is 0.560. The molecular formula is C12H23NO2S. The van der Waals surface area contributed by atoms with Crippen LogP contribution in [-0.2, 0) is 4.79 Å². The van der Waals surface area contributed by atoms with E-state index in [2.05, 4.69) is 18.7 Å². The van der Waals surface area contributed by atoms with Crippen molar-refractivity contribution >= 4 is 17.7 Å². The Labute approximate surface area is 103 Å². The fourth-order valence-corrected chi connectivity index (χ4v) is 3.81. The summed E-state index contributed by atoms with van der Waals surface area (Å²) in [6, 6.07) is 0.701. The molecule has 1 aliphatic heterocycles. The number of carbonyl (C=O) groups is 1. The minimum absolute atomic E-state index is 0.147. The molecule has 3 atom stereocenters. The zero-order chi connectivity index (χ0) is 12.1. The molecule has 0 aromatic rings. The summed E-state index contributed by atoms with van der Waals surface area (Å²) in [5, 5.41) is 9.49. The van der Waals surface area contributed by atoms with Crippen LogP contribution in [-0.4, -0.2) is 45.6 Å². The summed E-state index contributed by atoms with van der Waals surface area (Å²) in [7, 11) is 0. The van der Waals surface area contributed by atoms with Gasteiger partial charge in [-0.05, 0) is 32.1 Å². The molecule has 1 heterocycles. The van der Waals surface area contributed by atoms with Crippen molar-refractivity contribution in [3.05, 3.63) is 0 Å². The molecule has 3 unspecified atom stereocenters. The highest BCUT2D eigenvalue weighted by Gasteiger charge is 2.30. The second-order valence-electron chi connectivity index (χ2n) is 4.56. The quantitative estimate of drug-likeness (QED) is 0.808. The van der Waals surface area contributed by atoms with Crippen molar-refractivity contribution in [3.8, 4) is 0 Å². The molecule has 0 aromatic heterocycles. The summed E-state index contributed by atoms with van der Waals surface area (Å²) >= 11 is 2.02. The molecule has 0 bridgehead atoms. The highest BCUT2D eigenvalue weighted by molar-refractivity contribution is 7.99. The third-order valence-electron chi connectivity index (χ3n) is 3.39. The molecule has 1 saturated heterocycles. The van der Waals surface area contributed by atoms with E-state index in [-0.39, 0.29) is 12.5 Å². The molecule has 0 radical (unpaired) electrons. The lowest BCUT2D eigenvalue weighted by Crippen LogP contribution is -2.48. The lowest BCUT2D eigenvalue weighted by molar-refractivity contribution is -0.138. The third-order valence-corrected chi connectivity index (χ3v) is 4.76. The number of hydrogen-bond acceptors (Lipinski definition) is 3. The molecule has 0 aliphatic carbocycles. The van der Waals surface area contributed by atoms with Crippen LogP contribution in [0.4, 0.5) is 0 Å². The number of hydrogen-bond donors (Lipinski definition) is 1. The van der Waals surface area contributed by atoms with E-state index in [1.165, 1.54) is 18.6 Å². The fraction of sp³-hybridized carbons (Fsp3) is 0.917. The Balaban J connectivity index is 2.60. The first kappa shape index (κ1) is 13.8. The normalized spacial score (nSPS) is 28.0. The van der Waals surface area contributed by atoms with Crippen molar-refractivity contribution in [1.82, 2.24) is 4.90 Å². The van der Waals surface area contributed by atoms with Gasteiger partial charge in [-0.1, -0.05) is 13.8 Å². The highest BCUT2D eigenvalue weighted by Crippen LogP contribution is 2.30. The summed E-state index contributed by atoms with van der Waals surface area (Å²) in [4.78, 5) is 13.1. The van der Waals surface area contributed by atoms with Crippen LogP contribution in [0, 0.1) is 0 Å². The van der Waals surface area contributed by atoms with E-state index in [1.54, 1.807) is 0 Å².